The molecule has 1 aromatic rings. The molecule has 0 heterocycles. The number of hydrogen-bond acceptors (Lipinski definition) is 3. The summed E-state index contributed by atoms with van der Waals surface area (Å²) in [5.41, 5.74) is 0.942. The van der Waals surface area contributed by atoms with E-state index in [1.165, 1.54) is 37.8 Å². The maximum absolute atomic E-state index is 13.3. The first-order valence-corrected chi connectivity index (χ1v) is 6.74. The standard InChI is InChI=1S/C14H17FN2O2/c15-12-5-10(6-13(7-12)17(18)19)8-16-9-14(3-4-14)11-1-2-11/h5-7,11,16H,1-4,8-9H2. The van der Waals surface area contributed by atoms with Gasteiger partial charge in [0.15, 0.2) is 0 Å². The number of rotatable bonds is 6. The van der Waals surface area contributed by atoms with Crippen molar-refractivity contribution in [3.05, 3.63) is 39.7 Å². The van der Waals surface area contributed by atoms with E-state index in [1.807, 2.05) is 0 Å². The second-order valence-corrected chi connectivity index (χ2v) is 5.81. The zero-order valence-electron chi connectivity index (χ0n) is 10.7. The number of nitrogens with zero attached hydrogens (tertiary/aromatic N) is 1. The molecule has 0 aliphatic heterocycles. The summed E-state index contributed by atoms with van der Waals surface area (Å²) in [4.78, 5) is 10.1. The Hall–Kier alpha value is -1.49. The minimum atomic E-state index is -0.556. The maximum atomic E-state index is 13.3. The van der Waals surface area contributed by atoms with E-state index >= 15 is 0 Å². The molecule has 0 aromatic heterocycles. The molecular weight excluding hydrogens is 247 g/mol. The molecule has 0 spiro atoms. The van der Waals surface area contributed by atoms with Crippen molar-refractivity contribution in [1.29, 1.82) is 0 Å². The first-order chi connectivity index (χ1) is 9.09. The van der Waals surface area contributed by atoms with Gasteiger partial charge in [-0.25, -0.2) is 4.39 Å². The normalized spacial score (nSPS) is 20.3. The lowest BCUT2D eigenvalue weighted by Gasteiger charge is -2.14. The Morgan fingerprint density at radius 3 is 2.68 bits per heavy atom. The highest BCUT2D eigenvalue weighted by Crippen LogP contribution is 2.60. The van der Waals surface area contributed by atoms with Gasteiger partial charge in [-0.2, -0.15) is 0 Å². The molecule has 1 aromatic carbocycles. The Morgan fingerprint density at radius 1 is 1.37 bits per heavy atom. The third-order valence-electron chi connectivity index (χ3n) is 4.29. The van der Waals surface area contributed by atoms with Crippen LogP contribution in [-0.2, 0) is 6.54 Å². The molecule has 0 amide bonds. The van der Waals surface area contributed by atoms with Gasteiger partial charge in [0.05, 0.1) is 11.0 Å². The average molecular weight is 264 g/mol. The van der Waals surface area contributed by atoms with Gasteiger partial charge in [0.1, 0.15) is 5.82 Å². The van der Waals surface area contributed by atoms with Crippen LogP contribution in [0.1, 0.15) is 31.2 Å². The average Bonchev–Trinajstić information content (AvgIpc) is 3.22. The molecule has 0 atom stereocenters. The van der Waals surface area contributed by atoms with Gasteiger partial charge in [0, 0.05) is 19.2 Å². The van der Waals surface area contributed by atoms with Crippen molar-refractivity contribution in [3.8, 4) is 0 Å². The molecule has 102 valence electrons. The predicted octanol–water partition coefficient (Wildman–Crippen LogP) is 3.01. The fourth-order valence-corrected chi connectivity index (χ4v) is 2.88. The van der Waals surface area contributed by atoms with Crippen LogP contribution in [0.25, 0.3) is 0 Å². The second-order valence-electron chi connectivity index (χ2n) is 5.81. The fourth-order valence-electron chi connectivity index (χ4n) is 2.88. The Morgan fingerprint density at radius 2 is 2.11 bits per heavy atom. The number of hydrogen-bond donors (Lipinski definition) is 1. The maximum Gasteiger partial charge on any atom is 0.272 e. The first kappa shape index (κ1) is 12.5. The summed E-state index contributed by atoms with van der Waals surface area (Å²) in [7, 11) is 0. The molecule has 4 nitrogen and oxygen atoms in total. The molecule has 2 saturated carbocycles. The summed E-state index contributed by atoms with van der Waals surface area (Å²) >= 11 is 0. The molecule has 2 fully saturated rings. The lowest BCUT2D eigenvalue weighted by atomic mass is 10.0. The molecule has 1 N–H and O–H groups in total. The number of benzene rings is 1. The summed E-state index contributed by atoms with van der Waals surface area (Å²) in [5, 5.41) is 14.0. The minimum absolute atomic E-state index is 0.180. The van der Waals surface area contributed by atoms with Gasteiger partial charge < -0.3 is 5.32 Å². The van der Waals surface area contributed by atoms with E-state index in [1.54, 1.807) is 0 Å². The predicted molar refractivity (Wildman–Crippen MR) is 69.2 cm³/mol. The topological polar surface area (TPSA) is 55.2 Å². The van der Waals surface area contributed by atoms with E-state index in [9.17, 15) is 14.5 Å². The molecule has 0 bridgehead atoms. The quantitative estimate of drug-likeness (QED) is 0.634. The zero-order chi connectivity index (χ0) is 13.5. The smallest absolute Gasteiger partial charge is 0.272 e. The minimum Gasteiger partial charge on any atom is -0.312 e. The van der Waals surface area contributed by atoms with Gasteiger partial charge in [0.2, 0.25) is 0 Å². The van der Waals surface area contributed by atoms with Crippen LogP contribution in [0.5, 0.6) is 0 Å². The Labute approximate surface area is 111 Å². The van der Waals surface area contributed by atoms with E-state index < -0.39 is 10.7 Å². The highest BCUT2D eigenvalue weighted by molar-refractivity contribution is 5.35. The third-order valence-corrected chi connectivity index (χ3v) is 4.29. The highest BCUT2D eigenvalue weighted by atomic mass is 19.1. The van der Waals surface area contributed by atoms with Gasteiger partial charge in [-0.3, -0.25) is 10.1 Å². The lowest BCUT2D eigenvalue weighted by Crippen LogP contribution is -2.25. The van der Waals surface area contributed by atoms with E-state index in [2.05, 4.69) is 5.32 Å². The van der Waals surface area contributed by atoms with Crippen LogP contribution in [0, 0.1) is 27.3 Å². The summed E-state index contributed by atoms with van der Waals surface area (Å²) < 4.78 is 13.3. The van der Waals surface area contributed by atoms with E-state index in [4.69, 9.17) is 0 Å². The molecule has 2 aliphatic carbocycles. The van der Waals surface area contributed by atoms with Gasteiger partial charge in [-0.05, 0) is 48.6 Å². The lowest BCUT2D eigenvalue weighted by molar-refractivity contribution is -0.385. The van der Waals surface area contributed by atoms with Crippen LogP contribution in [-0.4, -0.2) is 11.5 Å². The van der Waals surface area contributed by atoms with Crippen LogP contribution in [0.15, 0.2) is 18.2 Å². The molecule has 0 saturated heterocycles. The van der Waals surface area contributed by atoms with E-state index in [0.29, 0.717) is 17.5 Å². The Kier molecular flexibility index (Phi) is 3.01. The van der Waals surface area contributed by atoms with E-state index in [0.717, 1.165) is 18.5 Å². The van der Waals surface area contributed by atoms with Crippen LogP contribution in [0.4, 0.5) is 10.1 Å². The number of nitro benzene ring substituents is 1. The van der Waals surface area contributed by atoms with Gasteiger partial charge in [-0.1, -0.05) is 0 Å². The molecule has 2 aliphatic rings. The summed E-state index contributed by atoms with van der Waals surface area (Å²) in [6.45, 7) is 1.44. The van der Waals surface area contributed by atoms with Crippen LogP contribution in [0.2, 0.25) is 0 Å². The SMILES string of the molecule is O=[N+]([O-])c1cc(F)cc(CNCC2(C3CC3)CC2)c1. The largest absolute Gasteiger partial charge is 0.312 e. The third kappa shape index (κ3) is 2.76. The van der Waals surface area contributed by atoms with E-state index in [-0.39, 0.29) is 5.69 Å². The Balaban J connectivity index is 1.59. The van der Waals surface area contributed by atoms with Crippen molar-refractivity contribution >= 4 is 5.69 Å². The number of nitro groups is 1. The van der Waals surface area contributed by atoms with Crippen LogP contribution >= 0.6 is 0 Å². The summed E-state index contributed by atoms with van der Waals surface area (Å²) in [6.07, 6.45) is 5.25. The van der Waals surface area contributed by atoms with Crippen LogP contribution < -0.4 is 5.32 Å². The van der Waals surface area contributed by atoms with Gasteiger partial charge >= 0.3 is 0 Å². The van der Waals surface area contributed by atoms with Crippen molar-refractivity contribution in [2.45, 2.75) is 32.2 Å². The Bertz CT molecular complexity index is 510. The van der Waals surface area contributed by atoms with Crippen molar-refractivity contribution in [3.63, 3.8) is 0 Å². The van der Waals surface area contributed by atoms with Crippen molar-refractivity contribution in [1.82, 2.24) is 5.32 Å². The molecule has 0 unspecified atom stereocenters. The highest BCUT2D eigenvalue weighted by Gasteiger charge is 2.53. The van der Waals surface area contributed by atoms with Crippen molar-refractivity contribution in [2.24, 2.45) is 11.3 Å². The number of non-ortho nitro benzene ring substituents is 1. The van der Waals surface area contributed by atoms with Gasteiger partial charge in [0.25, 0.3) is 5.69 Å². The molecule has 19 heavy (non-hydrogen) atoms. The fraction of sp³-hybridized carbons (Fsp3) is 0.571. The summed E-state index contributed by atoms with van der Waals surface area (Å²) in [6, 6.07) is 3.75. The summed E-state index contributed by atoms with van der Waals surface area (Å²) in [5.74, 6) is 0.330. The van der Waals surface area contributed by atoms with Crippen molar-refractivity contribution in [2.75, 3.05) is 6.54 Å². The molecular formula is C14H17FN2O2. The molecule has 3 rings (SSSR count). The van der Waals surface area contributed by atoms with Crippen LogP contribution in [0.3, 0.4) is 0 Å². The molecule has 0 radical (unpaired) electrons. The number of halogens is 1. The zero-order valence-corrected chi connectivity index (χ0v) is 10.7. The number of nitrogens with one attached hydrogen (secondary N) is 1. The second kappa shape index (κ2) is 4.56. The van der Waals surface area contributed by atoms with Gasteiger partial charge in [-0.15, -0.1) is 0 Å². The van der Waals surface area contributed by atoms with Crippen molar-refractivity contribution < 1.29 is 9.31 Å². The molecule has 5 heteroatoms. The monoisotopic (exact) mass is 264 g/mol. The first-order valence-electron chi connectivity index (χ1n) is 6.74.